The zero-order valence-corrected chi connectivity index (χ0v) is 14.6. The monoisotopic (exact) mass is 350 g/mol. The molecule has 4 rings (SSSR count). The molecule has 2 aliphatic rings. The van der Waals surface area contributed by atoms with Gasteiger partial charge >= 0.3 is 5.97 Å². The summed E-state index contributed by atoms with van der Waals surface area (Å²) in [7, 11) is 0. The van der Waals surface area contributed by atoms with Gasteiger partial charge in [0, 0.05) is 30.2 Å². The van der Waals surface area contributed by atoms with E-state index in [2.05, 4.69) is 21.3 Å². The number of aromatic nitrogens is 1. The van der Waals surface area contributed by atoms with E-state index in [0.717, 1.165) is 36.0 Å². The van der Waals surface area contributed by atoms with Crippen molar-refractivity contribution in [3.63, 3.8) is 0 Å². The van der Waals surface area contributed by atoms with Gasteiger partial charge in [-0.3, -0.25) is 14.7 Å². The largest absolute Gasteiger partial charge is 0.480 e. The number of para-hydroxylation sites is 1. The average Bonchev–Trinajstić information content (AvgIpc) is 3.40. The van der Waals surface area contributed by atoms with Gasteiger partial charge in [0.2, 0.25) is 0 Å². The normalized spacial score (nSPS) is 22.0. The van der Waals surface area contributed by atoms with E-state index in [1.165, 1.54) is 12.8 Å². The number of carbonyl (C=O) groups is 1. The molecule has 2 aromatic rings. The number of nitriles is 1. The number of hydrogen-bond donors (Lipinski definition) is 2. The molecule has 2 saturated carbocycles. The zero-order valence-electron chi connectivity index (χ0n) is 14.6. The van der Waals surface area contributed by atoms with Gasteiger partial charge in [-0.15, -0.1) is 0 Å². The second kappa shape index (κ2) is 6.93. The van der Waals surface area contributed by atoms with Crippen LogP contribution in [0.1, 0.15) is 31.2 Å². The van der Waals surface area contributed by atoms with Crippen molar-refractivity contribution in [3.05, 3.63) is 36.0 Å². The second-order valence-electron chi connectivity index (χ2n) is 7.41. The van der Waals surface area contributed by atoms with Crippen LogP contribution in [0.2, 0.25) is 0 Å². The highest BCUT2D eigenvalue weighted by molar-refractivity contribution is 5.94. The first-order chi connectivity index (χ1) is 12.6. The van der Waals surface area contributed by atoms with Crippen LogP contribution in [0.25, 0.3) is 10.9 Å². The van der Waals surface area contributed by atoms with Crippen LogP contribution < -0.4 is 5.32 Å². The van der Waals surface area contributed by atoms with Crippen molar-refractivity contribution >= 4 is 22.6 Å². The predicted octanol–water partition coefficient (Wildman–Crippen LogP) is 2.85. The molecule has 0 unspecified atom stereocenters. The van der Waals surface area contributed by atoms with Crippen molar-refractivity contribution in [2.75, 3.05) is 18.4 Å². The van der Waals surface area contributed by atoms with Crippen molar-refractivity contribution in [2.24, 2.45) is 5.92 Å². The number of carboxylic acid groups (broad SMARTS) is 1. The second-order valence-corrected chi connectivity index (χ2v) is 7.41. The highest BCUT2D eigenvalue weighted by Crippen LogP contribution is 2.36. The number of benzene rings is 1. The van der Waals surface area contributed by atoms with E-state index < -0.39 is 5.97 Å². The fraction of sp³-hybridized carbons (Fsp3) is 0.450. The average molecular weight is 350 g/mol. The summed E-state index contributed by atoms with van der Waals surface area (Å²) in [5.74, 6) is -0.0790. The van der Waals surface area contributed by atoms with E-state index >= 15 is 0 Å². The predicted molar refractivity (Wildman–Crippen MR) is 98.8 cm³/mol. The van der Waals surface area contributed by atoms with E-state index in [9.17, 15) is 15.2 Å². The lowest BCUT2D eigenvalue weighted by atomic mass is 9.84. The van der Waals surface area contributed by atoms with Crippen LogP contribution in [-0.2, 0) is 4.79 Å². The molecule has 0 atom stereocenters. The lowest BCUT2D eigenvalue weighted by molar-refractivity contribution is -0.139. The standard InChI is InChI=1S/C20H22N4O2/c21-9-14-10-22-18-4-2-1-3-17(18)20(14)23-15-7-16(8-15)24(12-19(25)26)11-13-5-6-13/h1-4,10,13,15-16H,5-8,11-12H2,(H,22,23)(H,25,26). The highest BCUT2D eigenvalue weighted by Gasteiger charge is 2.37. The zero-order chi connectivity index (χ0) is 18.1. The minimum Gasteiger partial charge on any atom is -0.480 e. The lowest BCUT2D eigenvalue weighted by Gasteiger charge is -2.43. The fourth-order valence-electron chi connectivity index (χ4n) is 3.74. The minimum atomic E-state index is -0.756. The van der Waals surface area contributed by atoms with Crippen LogP contribution in [0.3, 0.4) is 0 Å². The molecule has 134 valence electrons. The van der Waals surface area contributed by atoms with Gasteiger partial charge in [-0.25, -0.2) is 0 Å². The summed E-state index contributed by atoms with van der Waals surface area (Å²) in [6.07, 6.45) is 5.87. The molecule has 26 heavy (non-hydrogen) atoms. The molecular formula is C20H22N4O2. The van der Waals surface area contributed by atoms with Gasteiger partial charge in [-0.2, -0.15) is 5.26 Å². The van der Waals surface area contributed by atoms with Crippen LogP contribution in [0, 0.1) is 17.2 Å². The Morgan fingerprint density at radius 2 is 2.12 bits per heavy atom. The first kappa shape index (κ1) is 16.8. The molecule has 6 heteroatoms. The quantitative estimate of drug-likeness (QED) is 0.798. The highest BCUT2D eigenvalue weighted by atomic mass is 16.4. The van der Waals surface area contributed by atoms with E-state index in [-0.39, 0.29) is 12.6 Å². The summed E-state index contributed by atoms with van der Waals surface area (Å²) >= 11 is 0. The van der Waals surface area contributed by atoms with Crippen molar-refractivity contribution in [2.45, 2.75) is 37.8 Å². The Kier molecular flexibility index (Phi) is 4.48. The van der Waals surface area contributed by atoms with E-state index in [0.29, 0.717) is 17.5 Å². The molecule has 1 aromatic heterocycles. The molecule has 1 heterocycles. The molecule has 0 saturated heterocycles. The molecule has 0 bridgehead atoms. The maximum Gasteiger partial charge on any atom is 0.317 e. The lowest BCUT2D eigenvalue weighted by Crippen LogP contribution is -2.52. The summed E-state index contributed by atoms with van der Waals surface area (Å²) < 4.78 is 0. The topological polar surface area (TPSA) is 89.3 Å². The minimum absolute atomic E-state index is 0.121. The first-order valence-corrected chi connectivity index (χ1v) is 9.14. The molecule has 0 amide bonds. The third-order valence-corrected chi connectivity index (χ3v) is 5.40. The Morgan fingerprint density at radius 3 is 2.81 bits per heavy atom. The molecule has 0 radical (unpaired) electrons. The summed E-state index contributed by atoms with van der Waals surface area (Å²) in [6.45, 7) is 1.01. The summed E-state index contributed by atoms with van der Waals surface area (Å²) in [5.41, 5.74) is 2.26. The number of pyridine rings is 1. The fourth-order valence-corrected chi connectivity index (χ4v) is 3.74. The first-order valence-electron chi connectivity index (χ1n) is 9.14. The molecule has 0 aliphatic heterocycles. The maximum atomic E-state index is 11.2. The molecule has 0 spiro atoms. The van der Waals surface area contributed by atoms with Crippen molar-refractivity contribution in [1.29, 1.82) is 5.26 Å². The van der Waals surface area contributed by atoms with E-state index in [1.54, 1.807) is 6.20 Å². The number of nitrogens with zero attached hydrogens (tertiary/aromatic N) is 3. The number of hydrogen-bond acceptors (Lipinski definition) is 5. The molecule has 1 aromatic carbocycles. The molecule has 2 aliphatic carbocycles. The van der Waals surface area contributed by atoms with Crippen LogP contribution >= 0.6 is 0 Å². The van der Waals surface area contributed by atoms with Gasteiger partial charge in [0.25, 0.3) is 0 Å². The number of anilines is 1. The Hall–Kier alpha value is -2.65. The summed E-state index contributed by atoms with van der Waals surface area (Å²) in [6, 6.07) is 10.6. The van der Waals surface area contributed by atoms with Gasteiger partial charge in [0.05, 0.1) is 23.3 Å². The smallest absolute Gasteiger partial charge is 0.317 e. The summed E-state index contributed by atoms with van der Waals surface area (Å²) in [5, 5.41) is 23.1. The number of fused-ring (bicyclic) bond motifs is 1. The third-order valence-electron chi connectivity index (χ3n) is 5.40. The van der Waals surface area contributed by atoms with Crippen LogP contribution in [0.4, 0.5) is 5.69 Å². The molecule has 6 nitrogen and oxygen atoms in total. The van der Waals surface area contributed by atoms with Gasteiger partial charge in [0.1, 0.15) is 6.07 Å². The van der Waals surface area contributed by atoms with Crippen LogP contribution in [0.15, 0.2) is 30.5 Å². The van der Waals surface area contributed by atoms with Gasteiger partial charge < -0.3 is 10.4 Å². The number of carboxylic acids is 1. The Bertz CT molecular complexity index is 866. The molecule has 2 fully saturated rings. The van der Waals surface area contributed by atoms with Crippen molar-refractivity contribution in [1.82, 2.24) is 9.88 Å². The van der Waals surface area contributed by atoms with Crippen LogP contribution in [-0.4, -0.2) is 46.1 Å². The Morgan fingerprint density at radius 1 is 1.35 bits per heavy atom. The molecule has 2 N–H and O–H groups in total. The van der Waals surface area contributed by atoms with Crippen molar-refractivity contribution < 1.29 is 9.90 Å². The Labute approximate surface area is 152 Å². The van der Waals surface area contributed by atoms with Gasteiger partial charge in [-0.1, -0.05) is 18.2 Å². The summed E-state index contributed by atoms with van der Waals surface area (Å²) in [4.78, 5) is 17.6. The maximum absolute atomic E-state index is 11.2. The van der Waals surface area contributed by atoms with E-state index in [1.807, 2.05) is 24.3 Å². The van der Waals surface area contributed by atoms with Gasteiger partial charge in [-0.05, 0) is 37.7 Å². The number of aliphatic carboxylic acids is 1. The number of nitrogens with one attached hydrogen (secondary N) is 1. The SMILES string of the molecule is N#Cc1cnc2ccccc2c1NC1CC(N(CC(=O)O)CC2CC2)C1. The third kappa shape index (κ3) is 3.49. The Balaban J connectivity index is 1.46. The number of rotatable bonds is 7. The van der Waals surface area contributed by atoms with Gasteiger partial charge in [0.15, 0.2) is 0 Å². The van der Waals surface area contributed by atoms with E-state index in [4.69, 9.17) is 0 Å². The van der Waals surface area contributed by atoms with Crippen LogP contribution in [0.5, 0.6) is 0 Å². The van der Waals surface area contributed by atoms with Crippen molar-refractivity contribution in [3.8, 4) is 6.07 Å². The molecular weight excluding hydrogens is 328 g/mol.